The molecule has 1 heterocycles. The highest BCUT2D eigenvalue weighted by Gasteiger charge is 2.22. The zero-order chi connectivity index (χ0) is 26.7. The third kappa shape index (κ3) is 7.10. The second-order valence-electron chi connectivity index (χ2n) is 8.62. The smallest absolute Gasteiger partial charge is 0.247 e. The van der Waals surface area contributed by atoms with E-state index in [9.17, 15) is 4.79 Å². The fraction of sp³-hybridized carbons (Fsp3) is 0.167. The average Bonchev–Trinajstić information content (AvgIpc) is 2.96. The first-order valence-electron chi connectivity index (χ1n) is 12.3. The van der Waals surface area contributed by atoms with Crippen molar-refractivity contribution < 1.29 is 14.3 Å². The molecule has 3 aromatic carbocycles. The van der Waals surface area contributed by atoms with Crippen molar-refractivity contribution in [3.63, 3.8) is 0 Å². The summed E-state index contributed by atoms with van der Waals surface area (Å²) in [6.45, 7) is 0.835. The van der Waals surface area contributed by atoms with E-state index in [1.54, 1.807) is 43.6 Å². The number of pyridine rings is 1. The number of nitrogens with zero attached hydrogens (tertiary/aromatic N) is 1. The summed E-state index contributed by atoms with van der Waals surface area (Å²) >= 11 is 0. The molecule has 8 nitrogen and oxygen atoms in total. The van der Waals surface area contributed by atoms with Crippen LogP contribution in [-0.2, 0) is 17.8 Å². The number of ether oxygens (including phenoxy) is 2. The average molecular weight is 510 g/mol. The minimum atomic E-state index is -0.709. The Balaban J connectivity index is 1.53. The molecule has 0 saturated heterocycles. The van der Waals surface area contributed by atoms with Crippen molar-refractivity contribution in [2.45, 2.75) is 19.1 Å². The Labute approximate surface area is 222 Å². The van der Waals surface area contributed by atoms with Crippen molar-refractivity contribution in [2.75, 3.05) is 19.0 Å². The Hall–Kier alpha value is -4.85. The zero-order valence-electron chi connectivity index (χ0n) is 21.2. The highest BCUT2D eigenvalue weighted by atomic mass is 16.5. The number of hydrogen-bond donors (Lipinski definition) is 4. The van der Waals surface area contributed by atoms with E-state index >= 15 is 0 Å². The second kappa shape index (κ2) is 12.9. The van der Waals surface area contributed by atoms with Gasteiger partial charge in [-0.05, 0) is 59.7 Å². The summed E-state index contributed by atoms with van der Waals surface area (Å²) in [5.41, 5.74) is 9.55. The van der Waals surface area contributed by atoms with Gasteiger partial charge >= 0.3 is 0 Å². The summed E-state index contributed by atoms with van der Waals surface area (Å²) in [5.74, 6) is 0.895. The van der Waals surface area contributed by atoms with Crippen LogP contribution in [0, 0.1) is 5.41 Å². The molecule has 8 heteroatoms. The normalized spacial score (nSPS) is 11.3. The Morgan fingerprint density at radius 3 is 2.42 bits per heavy atom. The van der Waals surface area contributed by atoms with E-state index in [4.69, 9.17) is 20.6 Å². The first-order valence-corrected chi connectivity index (χ1v) is 12.3. The summed E-state index contributed by atoms with van der Waals surface area (Å²) < 4.78 is 11.6. The van der Waals surface area contributed by atoms with Gasteiger partial charge in [0.05, 0.1) is 7.11 Å². The van der Waals surface area contributed by atoms with Crippen LogP contribution in [0.4, 0.5) is 5.69 Å². The Morgan fingerprint density at radius 2 is 1.74 bits per heavy atom. The number of amidine groups is 1. The summed E-state index contributed by atoms with van der Waals surface area (Å²) in [6, 6.07) is 27.4. The number of amides is 1. The maximum absolute atomic E-state index is 13.4. The standard InChI is InChI=1S/C30H31N5O3/c1-37-27-19-23(12-15-26(27)38-20-21-7-3-2-4-8-21)28(35-25-13-10-22(11-14-25)29(31)32)30(36)34-18-16-24-9-5-6-17-33-24/h2-15,17,19,28,35H,16,18,20H2,1H3,(H3,31,32)(H,34,36). The lowest BCUT2D eigenvalue weighted by atomic mass is 10.0. The molecule has 4 aromatic rings. The maximum atomic E-state index is 13.4. The van der Waals surface area contributed by atoms with Gasteiger partial charge in [-0.25, -0.2) is 0 Å². The third-order valence-corrected chi connectivity index (χ3v) is 5.93. The minimum absolute atomic E-state index is 0.0174. The van der Waals surface area contributed by atoms with E-state index in [0.29, 0.717) is 47.9 Å². The molecular weight excluding hydrogens is 478 g/mol. The van der Waals surface area contributed by atoms with Crippen LogP contribution in [0.15, 0.2) is 97.2 Å². The van der Waals surface area contributed by atoms with Crippen LogP contribution < -0.4 is 25.8 Å². The predicted octanol–water partition coefficient (Wildman–Crippen LogP) is 4.47. The molecule has 0 radical (unpaired) electrons. The van der Waals surface area contributed by atoms with E-state index in [1.165, 1.54) is 0 Å². The second-order valence-corrected chi connectivity index (χ2v) is 8.62. The molecule has 1 aromatic heterocycles. The highest BCUT2D eigenvalue weighted by molar-refractivity contribution is 5.95. The van der Waals surface area contributed by atoms with E-state index in [0.717, 1.165) is 11.3 Å². The summed E-state index contributed by atoms with van der Waals surface area (Å²) in [4.78, 5) is 17.7. The number of carbonyl (C=O) groups excluding carboxylic acids is 1. The summed E-state index contributed by atoms with van der Waals surface area (Å²) in [5, 5.41) is 13.9. The van der Waals surface area contributed by atoms with Crippen molar-refractivity contribution in [2.24, 2.45) is 5.73 Å². The van der Waals surface area contributed by atoms with Crippen LogP contribution in [0.5, 0.6) is 11.5 Å². The van der Waals surface area contributed by atoms with Crippen molar-refractivity contribution in [1.29, 1.82) is 5.41 Å². The zero-order valence-corrected chi connectivity index (χ0v) is 21.2. The van der Waals surface area contributed by atoms with E-state index < -0.39 is 6.04 Å². The number of aromatic nitrogens is 1. The van der Waals surface area contributed by atoms with Gasteiger partial charge in [0.15, 0.2) is 11.5 Å². The Morgan fingerprint density at radius 1 is 0.974 bits per heavy atom. The van der Waals surface area contributed by atoms with Crippen LogP contribution in [0.2, 0.25) is 0 Å². The highest BCUT2D eigenvalue weighted by Crippen LogP contribution is 2.32. The summed E-state index contributed by atoms with van der Waals surface area (Å²) in [6.07, 6.45) is 2.35. The maximum Gasteiger partial charge on any atom is 0.247 e. The molecule has 5 N–H and O–H groups in total. The lowest BCUT2D eigenvalue weighted by Crippen LogP contribution is -2.34. The molecule has 0 fully saturated rings. The molecule has 4 rings (SSSR count). The molecule has 0 aliphatic carbocycles. The van der Waals surface area contributed by atoms with Crippen LogP contribution >= 0.6 is 0 Å². The van der Waals surface area contributed by atoms with Gasteiger partial charge in [0.1, 0.15) is 18.5 Å². The Kier molecular flexibility index (Phi) is 8.91. The quantitative estimate of drug-likeness (QED) is 0.165. The Bertz CT molecular complexity index is 1350. The SMILES string of the molecule is COc1cc(C(Nc2ccc(C(=N)N)cc2)C(=O)NCCc2ccccn2)ccc1OCc1ccccc1. The molecule has 194 valence electrons. The molecule has 0 bridgehead atoms. The van der Waals surface area contributed by atoms with E-state index in [2.05, 4.69) is 15.6 Å². The number of nitrogen functional groups attached to an aromatic ring is 1. The molecule has 38 heavy (non-hydrogen) atoms. The van der Waals surface area contributed by atoms with Gasteiger partial charge in [0.2, 0.25) is 5.91 Å². The number of nitrogens with two attached hydrogens (primary N) is 1. The number of anilines is 1. The molecule has 1 unspecified atom stereocenters. The predicted molar refractivity (Wildman–Crippen MR) is 149 cm³/mol. The number of nitrogens with one attached hydrogen (secondary N) is 3. The fourth-order valence-corrected chi connectivity index (χ4v) is 3.89. The van der Waals surface area contributed by atoms with E-state index in [1.807, 2.05) is 60.7 Å². The molecular formula is C30H31N5O3. The number of benzene rings is 3. The van der Waals surface area contributed by atoms with Gasteiger partial charge in [-0.2, -0.15) is 0 Å². The van der Waals surface area contributed by atoms with Gasteiger partial charge in [-0.1, -0.05) is 42.5 Å². The van der Waals surface area contributed by atoms with Crippen LogP contribution in [0.1, 0.15) is 28.4 Å². The molecule has 0 aliphatic heterocycles. The van der Waals surface area contributed by atoms with Gasteiger partial charge in [-0.15, -0.1) is 0 Å². The monoisotopic (exact) mass is 509 g/mol. The van der Waals surface area contributed by atoms with Crippen molar-refractivity contribution in [3.05, 3.63) is 120 Å². The van der Waals surface area contributed by atoms with Gasteiger partial charge in [0, 0.05) is 36.1 Å². The number of methoxy groups -OCH3 is 1. The number of hydrogen-bond acceptors (Lipinski definition) is 6. The molecule has 0 saturated carbocycles. The first kappa shape index (κ1) is 26.2. The van der Waals surface area contributed by atoms with Crippen LogP contribution in [0.25, 0.3) is 0 Å². The first-order chi connectivity index (χ1) is 18.5. The van der Waals surface area contributed by atoms with Crippen molar-refractivity contribution in [3.8, 4) is 11.5 Å². The molecule has 1 amide bonds. The molecule has 0 aliphatic rings. The van der Waals surface area contributed by atoms with Gasteiger partial charge in [-0.3, -0.25) is 15.2 Å². The lowest BCUT2D eigenvalue weighted by Gasteiger charge is -2.21. The minimum Gasteiger partial charge on any atom is -0.493 e. The van der Waals surface area contributed by atoms with Gasteiger partial charge in [0.25, 0.3) is 0 Å². The fourth-order valence-electron chi connectivity index (χ4n) is 3.89. The topological polar surface area (TPSA) is 122 Å². The third-order valence-electron chi connectivity index (χ3n) is 5.93. The lowest BCUT2D eigenvalue weighted by molar-refractivity contribution is -0.121. The number of carbonyl (C=O) groups is 1. The van der Waals surface area contributed by atoms with Crippen molar-refractivity contribution in [1.82, 2.24) is 10.3 Å². The number of rotatable bonds is 12. The van der Waals surface area contributed by atoms with Crippen LogP contribution in [-0.4, -0.2) is 30.4 Å². The largest absolute Gasteiger partial charge is 0.493 e. The molecule has 1 atom stereocenters. The van der Waals surface area contributed by atoms with E-state index in [-0.39, 0.29) is 11.7 Å². The summed E-state index contributed by atoms with van der Waals surface area (Å²) in [7, 11) is 1.57. The molecule has 0 spiro atoms. The van der Waals surface area contributed by atoms with Gasteiger partial charge < -0.3 is 25.8 Å². The van der Waals surface area contributed by atoms with Crippen LogP contribution in [0.3, 0.4) is 0 Å². The van der Waals surface area contributed by atoms with Crippen molar-refractivity contribution >= 4 is 17.4 Å².